The molecule has 1 aromatic carbocycles. The van der Waals surface area contributed by atoms with E-state index >= 15 is 0 Å². The Bertz CT molecular complexity index is 1380. The minimum Gasteiger partial charge on any atom is -0.497 e. The number of nitrogens with zero attached hydrogens (tertiary/aromatic N) is 4. The first-order chi connectivity index (χ1) is 15.1. The fraction of sp³-hybridized carbons (Fsp3) is 0.261. The summed E-state index contributed by atoms with van der Waals surface area (Å²) in [5, 5.41) is 9.78. The van der Waals surface area contributed by atoms with E-state index in [2.05, 4.69) is 21.5 Å². The Morgan fingerprint density at radius 1 is 1.03 bits per heavy atom. The van der Waals surface area contributed by atoms with Crippen LogP contribution < -0.4 is 4.74 Å². The highest BCUT2D eigenvalue weighted by Crippen LogP contribution is 2.33. The van der Waals surface area contributed by atoms with Crippen molar-refractivity contribution >= 4 is 28.4 Å². The Balaban J connectivity index is 1.44. The van der Waals surface area contributed by atoms with E-state index in [-0.39, 0.29) is 0 Å². The van der Waals surface area contributed by atoms with Gasteiger partial charge in [-0.15, -0.1) is 10.2 Å². The third-order valence-electron chi connectivity index (χ3n) is 5.24. The van der Waals surface area contributed by atoms with Gasteiger partial charge in [0.05, 0.1) is 23.8 Å². The first-order valence-electron chi connectivity index (χ1n) is 10.1. The first-order valence-corrected chi connectivity index (χ1v) is 11.1. The number of benzene rings is 1. The van der Waals surface area contributed by atoms with Crippen LogP contribution in [0.2, 0.25) is 0 Å². The molecule has 0 unspecified atom stereocenters. The van der Waals surface area contributed by atoms with Gasteiger partial charge < -0.3 is 13.6 Å². The van der Waals surface area contributed by atoms with Crippen molar-refractivity contribution < 1.29 is 13.6 Å². The monoisotopic (exact) mass is 434 g/mol. The highest BCUT2D eigenvalue weighted by Gasteiger charge is 2.18. The lowest BCUT2D eigenvalue weighted by Crippen LogP contribution is -2.03. The molecule has 7 nitrogen and oxygen atoms in total. The van der Waals surface area contributed by atoms with Gasteiger partial charge in [0.1, 0.15) is 28.1 Å². The molecule has 0 aliphatic heterocycles. The maximum atomic E-state index is 5.91. The highest BCUT2D eigenvalue weighted by atomic mass is 32.2. The summed E-state index contributed by atoms with van der Waals surface area (Å²) in [5.74, 6) is 4.63. The molecule has 0 amide bonds. The quantitative estimate of drug-likeness (QED) is 0.321. The summed E-state index contributed by atoms with van der Waals surface area (Å²) in [5.41, 5.74) is 4.68. The number of oxazole rings is 1. The lowest BCUT2D eigenvalue weighted by Gasteiger charge is -2.06. The second kappa shape index (κ2) is 7.77. The predicted octanol–water partition coefficient (Wildman–Crippen LogP) is 5.61. The van der Waals surface area contributed by atoms with E-state index in [1.807, 2.05) is 50.2 Å². The van der Waals surface area contributed by atoms with Gasteiger partial charge in [-0.05, 0) is 38.1 Å². The van der Waals surface area contributed by atoms with Gasteiger partial charge in [0, 0.05) is 29.9 Å². The van der Waals surface area contributed by atoms with Crippen molar-refractivity contribution in [2.75, 3.05) is 7.11 Å². The van der Waals surface area contributed by atoms with Crippen molar-refractivity contribution in [1.29, 1.82) is 0 Å². The topological polar surface area (TPSA) is 78.6 Å². The molecule has 0 spiro atoms. The van der Waals surface area contributed by atoms with Crippen molar-refractivity contribution in [3.63, 3.8) is 0 Å². The van der Waals surface area contributed by atoms with Crippen LogP contribution in [0.25, 0.3) is 28.1 Å². The molecule has 31 heavy (non-hydrogen) atoms. The molecular formula is C23H22N4O3S. The van der Waals surface area contributed by atoms with Gasteiger partial charge in [-0.3, -0.25) is 4.40 Å². The van der Waals surface area contributed by atoms with Crippen molar-refractivity contribution in [3.8, 4) is 17.2 Å². The molecule has 0 N–H and O–H groups in total. The lowest BCUT2D eigenvalue weighted by molar-refractivity contribution is 0.415. The molecule has 0 saturated carbocycles. The summed E-state index contributed by atoms with van der Waals surface area (Å²) in [6.45, 7) is 5.97. The number of aromatic nitrogens is 4. The Kier molecular flexibility index (Phi) is 4.94. The molecule has 0 atom stereocenters. The average molecular weight is 435 g/mol. The molecule has 0 bridgehead atoms. The molecule has 4 aromatic heterocycles. The zero-order valence-corrected chi connectivity index (χ0v) is 18.6. The summed E-state index contributed by atoms with van der Waals surface area (Å²) in [6.07, 6.45) is 0.788. The summed E-state index contributed by atoms with van der Waals surface area (Å²) in [6, 6.07) is 11.8. The van der Waals surface area contributed by atoms with Crippen LogP contribution in [0.3, 0.4) is 0 Å². The predicted molar refractivity (Wildman–Crippen MR) is 120 cm³/mol. The maximum absolute atomic E-state index is 5.91. The fourth-order valence-corrected chi connectivity index (χ4v) is 4.58. The smallest absolute Gasteiger partial charge is 0.226 e. The van der Waals surface area contributed by atoms with E-state index in [0.717, 1.165) is 62.4 Å². The SMILES string of the molecule is CCc1nnc(SCc2nc(-c3ccc(OC)cc3)oc2C)c2cc3oc(C)cc3n12. The number of fused-ring (bicyclic) bond motifs is 3. The molecular weight excluding hydrogens is 412 g/mol. The normalized spacial score (nSPS) is 11.6. The number of thioether (sulfide) groups is 1. The fourth-order valence-electron chi connectivity index (χ4n) is 3.64. The number of rotatable bonds is 6. The number of ether oxygens (including phenoxy) is 1. The molecule has 0 radical (unpaired) electrons. The molecule has 158 valence electrons. The zero-order valence-electron chi connectivity index (χ0n) is 17.8. The minimum atomic E-state index is 0.601. The van der Waals surface area contributed by atoms with E-state index < -0.39 is 0 Å². The van der Waals surface area contributed by atoms with Crippen molar-refractivity contribution in [1.82, 2.24) is 19.6 Å². The van der Waals surface area contributed by atoms with Gasteiger partial charge in [-0.25, -0.2) is 4.98 Å². The number of hydrogen-bond donors (Lipinski definition) is 0. The standard InChI is InChI=1S/C23H22N4O3S/c1-5-21-25-26-23(19-11-20-18(27(19)21)10-13(2)29-20)31-12-17-14(3)30-22(24-17)15-6-8-16(28-4)9-7-15/h6-11H,5,12H2,1-4H3. The van der Waals surface area contributed by atoms with Gasteiger partial charge in [-0.2, -0.15) is 0 Å². The summed E-state index contributed by atoms with van der Waals surface area (Å²) in [7, 11) is 1.65. The van der Waals surface area contributed by atoms with E-state index in [0.29, 0.717) is 11.6 Å². The Hall–Kier alpha value is -3.26. The van der Waals surface area contributed by atoms with Crippen molar-refractivity contribution in [3.05, 3.63) is 59.4 Å². The zero-order chi connectivity index (χ0) is 21.5. The van der Waals surface area contributed by atoms with Crippen LogP contribution in [0.4, 0.5) is 0 Å². The summed E-state index contributed by atoms with van der Waals surface area (Å²) < 4.78 is 19.1. The molecule has 0 aliphatic carbocycles. The highest BCUT2D eigenvalue weighted by molar-refractivity contribution is 7.98. The van der Waals surface area contributed by atoms with Crippen LogP contribution in [0.15, 0.2) is 50.3 Å². The average Bonchev–Trinajstić information content (AvgIpc) is 3.44. The molecule has 4 heterocycles. The van der Waals surface area contributed by atoms with Crippen LogP contribution in [0.5, 0.6) is 5.75 Å². The van der Waals surface area contributed by atoms with E-state index in [1.54, 1.807) is 18.9 Å². The van der Waals surface area contributed by atoms with Crippen molar-refractivity contribution in [2.24, 2.45) is 0 Å². The Morgan fingerprint density at radius 2 is 1.84 bits per heavy atom. The van der Waals surface area contributed by atoms with Gasteiger partial charge in [0.2, 0.25) is 5.89 Å². The summed E-state index contributed by atoms with van der Waals surface area (Å²) in [4.78, 5) is 4.71. The van der Waals surface area contributed by atoms with Crippen LogP contribution in [0.1, 0.15) is 30.0 Å². The van der Waals surface area contributed by atoms with E-state index in [1.165, 1.54) is 0 Å². The second-order valence-electron chi connectivity index (χ2n) is 7.29. The maximum Gasteiger partial charge on any atom is 0.226 e. The Labute approximate surface area is 183 Å². The largest absolute Gasteiger partial charge is 0.497 e. The number of aryl methyl sites for hydroxylation is 3. The van der Waals surface area contributed by atoms with Gasteiger partial charge >= 0.3 is 0 Å². The number of hydrogen-bond acceptors (Lipinski definition) is 7. The van der Waals surface area contributed by atoms with Gasteiger partial charge in [0.25, 0.3) is 0 Å². The molecule has 8 heteroatoms. The van der Waals surface area contributed by atoms with Crippen molar-refractivity contribution in [2.45, 2.75) is 38.0 Å². The molecule has 0 saturated heterocycles. The number of furan rings is 1. The molecule has 0 fully saturated rings. The third-order valence-corrected chi connectivity index (χ3v) is 6.22. The third kappa shape index (κ3) is 3.46. The van der Waals surface area contributed by atoms with Crippen LogP contribution in [-0.4, -0.2) is 26.7 Å². The first kappa shape index (κ1) is 19.7. The second-order valence-corrected chi connectivity index (χ2v) is 8.25. The van der Waals surface area contributed by atoms with Crippen LogP contribution in [0, 0.1) is 13.8 Å². The molecule has 5 aromatic rings. The Morgan fingerprint density at radius 3 is 2.58 bits per heavy atom. The minimum absolute atomic E-state index is 0.601. The molecule has 5 rings (SSSR count). The van der Waals surface area contributed by atoms with E-state index in [4.69, 9.17) is 18.6 Å². The lowest BCUT2D eigenvalue weighted by atomic mass is 10.2. The molecule has 0 aliphatic rings. The van der Waals surface area contributed by atoms with Gasteiger partial charge in [0.15, 0.2) is 5.58 Å². The van der Waals surface area contributed by atoms with Crippen LogP contribution >= 0.6 is 11.8 Å². The summed E-state index contributed by atoms with van der Waals surface area (Å²) >= 11 is 1.60. The van der Waals surface area contributed by atoms with Gasteiger partial charge in [-0.1, -0.05) is 18.7 Å². The number of methoxy groups -OCH3 is 1. The van der Waals surface area contributed by atoms with Crippen LogP contribution in [-0.2, 0) is 12.2 Å². The van der Waals surface area contributed by atoms with E-state index in [9.17, 15) is 0 Å².